The van der Waals surface area contributed by atoms with Gasteiger partial charge in [0.15, 0.2) is 11.5 Å². The molecule has 0 saturated carbocycles. The number of fused-ring (bicyclic) bond motifs is 1. The number of hydrogen-bond acceptors (Lipinski definition) is 8. The van der Waals surface area contributed by atoms with E-state index >= 15 is 0 Å². The van der Waals surface area contributed by atoms with Gasteiger partial charge in [-0.25, -0.2) is 4.79 Å². The van der Waals surface area contributed by atoms with Crippen LogP contribution in [0.5, 0.6) is 11.5 Å². The Balaban J connectivity index is 1.42. The number of pyridine rings is 1. The van der Waals surface area contributed by atoms with E-state index < -0.39 is 5.60 Å². The minimum Gasteiger partial charge on any atom is -0.497 e. The van der Waals surface area contributed by atoms with Crippen molar-refractivity contribution >= 4 is 12.0 Å². The second-order valence-electron chi connectivity index (χ2n) is 12.1. The van der Waals surface area contributed by atoms with E-state index in [-0.39, 0.29) is 24.0 Å². The van der Waals surface area contributed by atoms with Gasteiger partial charge < -0.3 is 28.7 Å². The van der Waals surface area contributed by atoms with Gasteiger partial charge in [-0.2, -0.15) is 0 Å². The van der Waals surface area contributed by atoms with Gasteiger partial charge in [-0.05, 0) is 58.6 Å². The number of nitrogens with zero attached hydrogens (tertiary/aromatic N) is 4. The fourth-order valence-electron chi connectivity index (χ4n) is 5.55. The van der Waals surface area contributed by atoms with E-state index in [1.54, 1.807) is 18.2 Å². The molecule has 0 aliphatic carbocycles. The minimum atomic E-state index is -0.612. The maximum atomic E-state index is 13.4. The molecule has 4 rings (SSSR count). The van der Waals surface area contributed by atoms with Gasteiger partial charge in [-0.3, -0.25) is 14.7 Å². The molecule has 0 spiro atoms. The number of ether oxygens (including phenoxy) is 4. The molecule has 1 unspecified atom stereocenters. The van der Waals surface area contributed by atoms with Crippen LogP contribution in [0, 0.1) is 5.92 Å². The Morgan fingerprint density at radius 1 is 1.19 bits per heavy atom. The van der Waals surface area contributed by atoms with Gasteiger partial charge in [0, 0.05) is 56.0 Å². The zero-order valence-electron chi connectivity index (χ0n) is 26.0. The van der Waals surface area contributed by atoms with Gasteiger partial charge in [0.1, 0.15) is 24.6 Å². The number of likely N-dealkylation sites (tertiary alicyclic amines) is 2. The number of methoxy groups -OCH3 is 1. The maximum absolute atomic E-state index is 13.4. The first-order valence-corrected chi connectivity index (χ1v) is 14.9. The van der Waals surface area contributed by atoms with E-state index in [0.717, 1.165) is 49.4 Å². The predicted octanol–water partition coefficient (Wildman–Crippen LogP) is 4.91. The molecule has 0 radical (unpaired) electrons. The summed E-state index contributed by atoms with van der Waals surface area (Å²) in [6.45, 7) is 17.9. The first-order chi connectivity index (χ1) is 20.0. The Kier molecular flexibility index (Phi) is 10.2. The van der Waals surface area contributed by atoms with E-state index in [9.17, 15) is 9.59 Å². The van der Waals surface area contributed by atoms with Crippen LogP contribution in [-0.2, 0) is 20.8 Å². The first kappa shape index (κ1) is 31.4. The van der Waals surface area contributed by atoms with Gasteiger partial charge in [-0.15, -0.1) is 0 Å². The van der Waals surface area contributed by atoms with Crippen LogP contribution < -0.4 is 9.47 Å². The molecule has 10 nitrogen and oxygen atoms in total. The van der Waals surface area contributed by atoms with E-state index in [0.29, 0.717) is 50.0 Å². The van der Waals surface area contributed by atoms with Crippen molar-refractivity contribution in [3.05, 3.63) is 53.7 Å². The summed E-state index contributed by atoms with van der Waals surface area (Å²) in [5.41, 5.74) is 1.88. The second kappa shape index (κ2) is 13.6. The Bertz CT molecular complexity index is 1210. The van der Waals surface area contributed by atoms with Crippen molar-refractivity contribution in [1.82, 2.24) is 19.7 Å². The topological polar surface area (TPSA) is 93.7 Å². The SMILES string of the molecule is C=C1CC(C)C(=O)N(CCN2CCC(N(Cc3cc4c(cn3)OCCO4)C(=O)OC(C)(C)C)CC2)/C1=C/C(=C\C)OC. The van der Waals surface area contributed by atoms with Gasteiger partial charge in [0.25, 0.3) is 0 Å². The largest absolute Gasteiger partial charge is 0.497 e. The Labute approximate surface area is 249 Å². The third-order valence-corrected chi connectivity index (χ3v) is 7.78. The van der Waals surface area contributed by atoms with Crippen molar-refractivity contribution < 1.29 is 28.5 Å². The molecule has 3 aliphatic heterocycles. The van der Waals surface area contributed by atoms with Crippen LogP contribution in [0.25, 0.3) is 0 Å². The zero-order valence-corrected chi connectivity index (χ0v) is 26.0. The molecule has 1 atom stereocenters. The van der Waals surface area contributed by atoms with Crippen LogP contribution in [0.4, 0.5) is 4.79 Å². The molecule has 0 aromatic carbocycles. The number of amides is 2. The quantitative estimate of drug-likeness (QED) is 0.399. The number of rotatable bonds is 8. The standard InChI is InChI=1S/C32H46N4O6/c1-8-26(39-7)19-27-22(2)17-23(3)30(37)35(27)14-13-34-11-9-25(10-12-34)36(31(38)42-32(4,5)6)21-24-18-28-29(20-33-24)41-16-15-40-28/h8,18-20,23,25H,2,9-17,21H2,1,3-7H3/b26-8+,27-19+. The number of aromatic nitrogens is 1. The molecule has 0 N–H and O–H groups in total. The maximum Gasteiger partial charge on any atom is 0.410 e. The fourth-order valence-corrected chi connectivity index (χ4v) is 5.55. The Hall–Kier alpha value is -3.53. The molecule has 0 bridgehead atoms. The van der Waals surface area contributed by atoms with Crippen molar-refractivity contribution in [1.29, 1.82) is 0 Å². The van der Waals surface area contributed by atoms with Crippen LogP contribution in [0.2, 0.25) is 0 Å². The Morgan fingerprint density at radius 3 is 2.52 bits per heavy atom. The lowest BCUT2D eigenvalue weighted by Crippen LogP contribution is -2.50. The lowest BCUT2D eigenvalue weighted by atomic mass is 9.92. The van der Waals surface area contributed by atoms with Crippen LogP contribution in [0.1, 0.15) is 59.6 Å². The van der Waals surface area contributed by atoms with Crippen molar-refractivity contribution in [2.75, 3.05) is 46.5 Å². The summed E-state index contributed by atoms with van der Waals surface area (Å²) < 4.78 is 22.6. The molecular formula is C32H46N4O6. The smallest absolute Gasteiger partial charge is 0.410 e. The van der Waals surface area contributed by atoms with Gasteiger partial charge >= 0.3 is 6.09 Å². The summed E-state index contributed by atoms with van der Waals surface area (Å²) in [6.07, 6.45) is 7.31. The fraction of sp³-hybridized carbons (Fsp3) is 0.594. The summed E-state index contributed by atoms with van der Waals surface area (Å²) >= 11 is 0. The molecule has 4 heterocycles. The highest BCUT2D eigenvalue weighted by molar-refractivity contribution is 5.83. The number of piperidine rings is 2. The van der Waals surface area contributed by atoms with Crippen molar-refractivity contribution in [3.63, 3.8) is 0 Å². The van der Waals surface area contributed by atoms with Gasteiger partial charge in [-0.1, -0.05) is 13.5 Å². The van der Waals surface area contributed by atoms with E-state index in [1.165, 1.54) is 0 Å². The summed E-state index contributed by atoms with van der Waals surface area (Å²) in [5, 5.41) is 0. The van der Waals surface area contributed by atoms with Gasteiger partial charge in [0.05, 0.1) is 25.5 Å². The third-order valence-electron chi connectivity index (χ3n) is 7.78. The van der Waals surface area contributed by atoms with Crippen LogP contribution in [0.3, 0.4) is 0 Å². The molecular weight excluding hydrogens is 536 g/mol. The summed E-state index contributed by atoms with van der Waals surface area (Å²) in [5.74, 6) is 1.98. The highest BCUT2D eigenvalue weighted by Crippen LogP contribution is 2.32. The van der Waals surface area contributed by atoms with E-state index in [4.69, 9.17) is 18.9 Å². The second-order valence-corrected chi connectivity index (χ2v) is 12.1. The number of hydrogen-bond donors (Lipinski definition) is 0. The van der Waals surface area contributed by atoms with E-state index in [2.05, 4.69) is 16.5 Å². The first-order valence-electron chi connectivity index (χ1n) is 14.9. The van der Waals surface area contributed by atoms with Crippen LogP contribution >= 0.6 is 0 Å². The van der Waals surface area contributed by atoms with Gasteiger partial charge in [0.2, 0.25) is 5.91 Å². The molecule has 1 aromatic heterocycles. The number of carbonyl (C=O) groups excluding carboxylic acids is 2. The molecule has 2 fully saturated rings. The monoisotopic (exact) mass is 582 g/mol. The molecule has 10 heteroatoms. The molecule has 230 valence electrons. The predicted molar refractivity (Wildman–Crippen MR) is 160 cm³/mol. The molecule has 2 saturated heterocycles. The van der Waals surface area contributed by atoms with Crippen molar-refractivity contribution in [2.24, 2.45) is 5.92 Å². The molecule has 1 aromatic rings. The van der Waals surface area contributed by atoms with E-state index in [1.807, 2.05) is 57.7 Å². The Morgan fingerprint density at radius 2 is 1.88 bits per heavy atom. The summed E-state index contributed by atoms with van der Waals surface area (Å²) in [6, 6.07) is 1.84. The minimum absolute atomic E-state index is 0.00284. The number of allylic oxidation sites excluding steroid dienone is 3. The summed E-state index contributed by atoms with van der Waals surface area (Å²) in [7, 11) is 1.63. The van der Waals surface area contributed by atoms with Crippen LogP contribution in [-0.4, -0.2) is 89.8 Å². The molecule has 2 amide bonds. The summed E-state index contributed by atoms with van der Waals surface area (Å²) in [4.78, 5) is 37.1. The van der Waals surface area contributed by atoms with Crippen molar-refractivity contribution in [2.45, 2.75) is 72.1 Å². The van der Waals surface area contributed by atoms with Crippen molar-refractivity contribution in [3.8, 4) is 11.5 Å². The molecule has 3 aliphatic rings. The highest BCUT2D eigenvalue weighted by Gasteiger charge is 2.34. The van der Waals surface area contributed by atoms with Crippen LogP contribution in [0.15, 0.2) is 48.0 Å². The third kappa shape index (κ3) is 7.85. The zero-order chi connectivity index (χ0) is 30.4. The lowest BCUT2D eigenvalue weighted by molar-refractivity contribution is -0.134. The lowest BCUT2D eigenvalue weighted by Gasteiger charge is -2.40. The normalized spacial score (nSPS) is 21.5. The molecule has 42 heavy (non-hydrogen) atoms. The average molecular weight is 583 g/mol. The average Bonchev–Trinajstić information content (AvgIpc) is 2.96. The number of carbonyl (C=O) groups is 2. The highest BCUT2D eigenvalue weighted by atomic mass is 16.6.